The Morgan fingerprint density at radius 1 is 0.966 bits per heavy atom. The summed E-state index contributed by atoms with van der Waals surface area (Å²) in [5.74, 6) is -0.331. The van der Waals surface area contributed by atoms with Crippen LogP contribution < -0.4 is 5.32 Å². The molecule has 2 aromatic rings. The van der Waals surface area contributed by atoms with Crippen molar-refractivity contribution >= 4 is 46.6 Å². The standard InChI is InChI=1S/C22H25Cl3N2O2/c1-4-20(22(29)26-14(2)3)27(13-15-5-8-17(23)9-6-15)21(28)12-16-7-10-18(24)19(25)11-16/h5-11,14,20H,4,12-13H2,1-3H3,(H,26,29)/t20-/m0/s1. The molecule has 0 spiro atoms. The lowest BCUT2D eigenvalue weighted by atomic mass is 10.1. The lowest BCUT2D eigenvalue weighted by Gasteiger charge is -2.31. The monoisotopic (exact) mass is 454 g/mol. The number of hydrogen-bond donors (Lipinski definition) is 1. The summed E-state index contributed by atoms with van der Waals surface area (Å²) in [6.45, 7) is 5.99. The highest BCUT2D eigenvalue weighted by molar-refractivity contribution is 6.42. The Balaban J connectivity index is 2.30. The molecule has 156 valence electrons. The molecule has 0 saturated heterocycles. The Labute approximate surface area is 187 Å². The lowest BCUT2D eigenvalue weighted by Crippen LogP contribution is -2.50. The summed E-state index contributed by atoms with van der Waals surface area (Å²) in [6, 6.07) is 11.8. The van der Waals surface area contributed by atoms with Crippen LogP contribution in [0.3, 0.4) is 0 Å². The molecule has 0 saturated carbocycles. The van der Waals surface area contributed by atoms with E-state index >= 15 is 0 Å². The summed E-state index contributed by atoms with van der Waals surface area (Å²) >= 11 is 18.0. The van der Waals surface area contributed by atoms with E-state index in [2.05, 4.69) is 5.32 Å². The quantitative estimate of drug-likeness (QED) is 0.569. The Bertz CT molecular complexity index is 854. The van der Waals surface area contributed by atoms with Crippen molar-refractivity contribution in [3.05, 3.63) is 68.7 Å². The molecule has 0 aliphatic heterocycles. The van der Waals surface area contributed by atoms with E-state index in [1.165, 1.54) is 0 Å². The summed E-state index contributed by atoms with van der Waals surface area (Å²) in [6.07, 6.45) is 0.620. The molecular weight excluding hydrogens is 431 g/mol. The third-order valence-corrected chi connectivity index (χ3v) is 5.41. The molecule has 0 bridgehead atoms. The van der Waals surface area contributed by atoms with Crippen LogP contribution in [0.15, 0.2) is 42.5 Å². The third kappa shape index (κ3) is 6.91. The zero-order valence-corrected chi connectivity index (χ0v) is 19.0. The number of halogens is 3. The summed E-state index contributed by atoms with van der Waals surface area (Å²) in [7, 11) is 0. The number of amides is 2. The van der Waals surface area contributed by atoms with Gasteiger partial charge in [0.1, 0.15) is 6.04 Å². The first-order valence-corrected chi connectivity index (χ1v) is 10.6. The Hall–Kier alpha value is -1.75. The van der Waals surface area contributed by atoms with Crippen molar-refractivity contribution in [3.63, 3.8) is 0 Å². The highest BCUT2D eigenvalue weighted by Crippen LogP contribution is 2.24. The van der Waals surface area contributed by atoms with E-state index in [1.54, 1.807) is 35.2 Å². The SMILES string of the molecule is CC[C@@H](C(=O)NC(C)C)N(Cc1ccc(Cl)cc1)C(=O)Cc1ccc(Cl)c(Cl)c1. The molecule has 0 aliphatic rings. The largest absolute Gasteiger partial charge is 0.352 e. The van der Waals surface area contributed by atoms with Gasteiger partial charge in [-0.1, -0.05) is 59.9 Å². The lowest BCUT2D eigenvalue weighted by molar-refractivity contribution is -0.141. The molecule has 7 heteroatoms. The van der Waals surface area contributed by atoms with E-state index in [0.717, 1.165) is 11.1 Å². The van der Waals surface area contributed by atoms with Crippen LogP contribution in [-0.4, -0.2) is 28.8 Å². The predicted molar refractivity (Wildman–Crippen MR) is 120 cm³/mol. The fraction of sp³-hybridized carbons (Fsp3) is 0.364. The van der Waals surface area contributed by atoms with Crippen LogP contribution in [0.25, 0.3) is 0 Å². The molecule has 1 N–H and O–H groups in total. The van der Waals surface area contributed by atoms with Crippen LogP contribution in [0, 0.1) is 0 Å². The van der Waals surface area contributed by atoms with Crippen LogP contribution in [0.4, 0.5) is 0 Å². The van der Waals surface area contributed by atoms with E-state index < -0.39 is 6.04 Å². The molecule has 0 aliphatic carbocycles. The van der Waals surface area contributed by atoms with Gasteiger partial charge in [0.2, 0.25) is 11.8 Å². The normalized spacial score (nSPS) is 12.0. The number of benzene rings is 2. The van der Waals surface area contributed by atoms with E-state index in [1.807, 2.05) is 32.9 Å². The third-order valence-electron chi connectivity index (χ3n) is 4.42. The van der Waals surface area contributed by atoms with E-state index in [-0.39, 0.29) is 24.3 Å². The minimum Gasteiger partial charge on any atom is -0.352 e. The minimum atomic E-state index is -0.580. The van der Waals surface area contributed by atoms with Crippen LogP contribution in [-0.2, 0) is 22.6 Å². The second kappa shape index (κ2) is 10.9. The Kier molecular flexibility index (Phi) is 8.81. The maximum atomic E-state index is 13.2. The van der Waals surface area contributed by atoms with Gasteiger partial charge in [-0.3, -0.25) is 9.59 Å². The van der Waals surface area contributed by atoms with Crippen molar-refractivity contribution in [2.75, 3.05) is 0 Å². The predicted octanol–water partition coefficient (Wildman–Crippen LogP) is 5.52. The summed E-state index contributed by atoms with van der Waals surface area (Å²) < 4.78 is 0. The highest BCUT2D eigenvalue weighted by atomic mass is 35.5. The van der Waals surface area contributed by atoms with Crippen LogP contribution in [0.1, 0.15) is 38.3 Å². The molecule has 4 nitrogen and oxygen atoms in total. The zero-order valence-electron chi connectivity index (χ0n) is 16.7. The van der Waals surface area contributed by atoms with Gasteiger partial charge in [0.15, 0.2) is 0 Å². The van der Waals surface area contributed by atoms with E-state index in [0.29, 0.717) is 28.0 Å². The maximum absolute atomic E-state index is 13.2. The first kappa shape index (κ1) is 23.5. The summed E-state index contributed by atoms with van der Waals surface area (Å²) in [5.41, 5.74) is 1.64. The van der Waals surface area contributed by atoms with Crippen LogP contribution in [0.5, 0.6) is 0 Å². The number of carbonyl (C=O) groups excluding carboxylic acids is 2. The van der Waals surface area contributed by atoms with Gasteiger partial charge < -0.3 is 10.2 Å². The molecule has 0 fully saturated rings. The average Bonchev–Trinajstić information content (AvgIpc) is 2.65. The van der Waals surface area contributed by atoms with Crippen molar-refractivity contribution < 1.29 is 9.59 Å². The van der Waals surface area contributed by atoms with Crippen molar-refractivity contribution in [1.29, 1.82) is 0 Å². The van der Waals surface area contributed by atoms with Crippen molar-refractivity contribution in [2.45, 2.75) is 52.2 Å². The average molecular weight is 456 g/mol. The van der Waals surface area contributed by atoms with Crippen LogP contribution in [0.2, 0.25) is 15.1 Å². The topological polar surface area (TPSA) is 49.4 Å². The minimum absolute atomic E-state index is 0.0147. The zero-order chi connectivity index (χ0) is 21.6. The van der Waals surface area contributed by atoms with Gasteiger partial charge in [-0.15, -0.1) is 0 Å². The molecule has 1 atom stereocenters. The Morgan fingerprint density at radius 2 is 1.59 bits per heavy atom. The number of hydrogen-bond acceptors (Lipinski definition) is 2. The molecular formula is C22H25Cl3N2O2. The van der Waals surface area contributed by atoms with Gasteiger partial charge in [0.25, 0.3) is 0 Å². The first-order chi connectivity index (χ1) is 13.7. The smallest absolute Gasteiger partial charge is 0.243 e. The highest BCUT2D eigenvalue weighted by Gasteiger charge is 2.29. The van der Waals surface area contributed by atoms with Gasteiger partial charge in [-0.25, -0.2) is 0 Å². The second-order valence-corrected chi connectivity index (χ2v) is 8.41. The molecule has 0 radical (unpaired) electrons. The molecule has 0 aromatic heterocycles. The van der Waals surface area contributed by atoms with Crippen LogP contribution >= 0.6 is 34.8 Å². The van der Waals surface area contributed by atoms with Gasteiger partial charge in [0.05, 0.1) is 16.5 Å². The fourth-order valence-corrected chi connectivity index (χ4v) is 3.46. The van der Waals surface area contributed by atoms with Crippen molar-refractivity contribution in [1.82, 2.24) is 10.2 Å². The summed E-state index contributed by atoms with van der Waals surface area (Å²) in [5, 5.41) is 4.36. The van der Waals surface area contributed by atoms with Gasteiger partial charge >= 0.3 is 0 Å². The number of nitrogens with one attached hydrogen (secondary N) is 1. The molecule has 0 unspecified atom stereocenters. The fourth-order valence-electron chi connectivity index (χ4n) is 3.01. The number of rotatable bonds is 8. The molecule has 29 heavy (non-hydrogen) atoms. The van der Waals surface area contributed by atoms with E-state index in [9.17, 15) is 9.59 Å². The van der Waals surface area contributed by atoms with Crippen molar-refractivity contribution in [3.8, 4) is 0 Å². The molecule has 0 heterocycles. The maximum Gasteiger partial charge on any atom is 0.243 e. The first-order valence-electron chi connectivity index (χ1n) is 9.49. The van der Waals surface area contributed by atoms with E-state index in [4.69, 9.17) is 34.8 Å². The van der Waals surface area contributed by atoms with Gasteiger partial charge in [-0.2, -0.15) is 0 Å². The molecule has 2 amide bonds. The summed E-state index contributed by atoms with van der Waals surface area (Å²) in [4.78, 5) is 27.6. The van der Waals surface area contributed by atoms with Crippen molar-refractivity contribution in [2.24, 2.45) is 0 Å². The number of carbonyl (C=O) groups is 2. The second-order valence-electron chi connectivity index (χ2n) is 7.16. The molecule has 2 rings (SSSR count). The Morgan fingerprint density at radius 3 is 2.14 bits per heavy atom. The number of nitrogens with zero attached hydrogens (tertiary/aromatic N) is 1. The molecule has 2 aromatic carbocycles. The van der Waals surface area contributed by atoms with Gasteiger partial charge in [-0.05, 0) is 55.7 Å². The van der Waals surface area contributed by atoms with Gasteiger partial charge in [0, 0.05) is 17.6 Å².